The fraction of sp³-hybridized carbons (Fsp3) is 0.625. The van der Waals surface area contributed by atoms with E-state index in [0.29, 0.717) is 0 Å². The summed E-state index contributed by atoms with van der Waals surface area (Å²) in [5, 5.41) is 20.0. The molecule has 8 nitrogen and oxygen atoms in total. The third kappa shape index (κ3) is 3.45. The van der Waals surface area contributed by atoms with E-state index in [1.807, 2.05) is 6.92 Å². The van der Waals surface area contributed by atoms with Crippen LogP contribution in [0.3, 0.4) is 0 Å². The summed E-state index contributed by atoms with van der Waals surface area (Å²) in [6.45, 7) is 4.13. The first-order chi connectivity index (χ1) is 11.6. The third-order valence-corrected chi connectivity index (χ3v) is 5.52. The predicted molar refractivity (Wildman–Crippen MR) is 85.1 cm³/mol. The topological polar surface area (TPSA) is 112 Å². The minimum atomic E-state index is -4.00. The Bertz CT molecular complexity index is 729. The van der Waals surface area contributed by atoms with Crippen LogP contribution in [0.15, 0.2) is 29.2 Å². The van der Waals surface area contributed by atoms with Gasteiger partial charge in [0, 0.05) is 0 Å². The number of aryl methyl sites for hydroxylation is 1. The van der Waals surface area contributed by atoms with Crippen LogP contribution in [0.5, 0.6) is 0 Å². The molecule has 0 spiro atoms. The molecular weight excluding hydrogens is 352 g/mol. The highest BCUT2D eigenvalue weighted by molar-refractivity contribution is 7.86. The van der Waals surface area contributed by atoms with Gasteiger partial charge in [-0.05, 0) is 32.9 Å². The zero-order valence-electron chi connectivity index (χ0n) is 14.2. The molecule has 0 amide bonds. The van der Waals surface area contributed by atoms with Gasteiger partial charge in [-0.25, -0.2) is 0 Å². The molecule has 0 saturated carbocycles. The van der Waals surface area contributed by atoms with Crippen molar-refractivity contribution in [2.75, 3.05) is 13.2 Å². The number of aliphatic hydroxyl groups excluding tert-OH is 2. The Morgan fingerprint density at radius 3 is 2.40 bits per heavy atom. The van der Waals surface area contributed by atoms with Crippen LogP contribution in [0.25, 0.3) is 0 Å². The molecule has 0 radical (unpaired) electrons. The second-order valence-electron chi connectivity index (χ2n) is 6.71. The minimum Gasteiger partial charge on any atom is -0.391 e. The smallest absolute Gasteiger partial charge is 0.297 e. The van der Waals surface area contributed by atoms with E-state index in [0.717, 1.165) is 5.56 Å². The van der Waals surface area contributed by atoms with E-state index in [9.17, 15) is 18.6 Å². The van der Waals surface area contributed by atoms with Crippen molar-refractivity contribution in [2.45, 2.75) is 55.6 Å². The zero-order chi connectivity index (χ0) is 18.5. The van der Waals surface area contributed by atoms with Gasteiger partial charge in [-0.1, -0.05) is 17.7 Å². The lowest BCUT2D eigenvalue weighted by Gasteiger charge is -2.26. The highest BCUT2D eigenvalue weighted by atomic mass is 32.2. The van der Waals surface area contributed by atoms with E-state index in [2.05, 4.69) is 0 Å². The second-order valence-corrected chi connectivity index (χ2v) is 8.32. The van der Waals surface area contributed by atoms with Gasteiger partial charge in [-0.2, -0.15) is 8.42 Å². The van der Waals surface area contributed by atoms with Gasteiger partial charge in [-0.15, -0.1) is 0 Å². The van der Waals surface area contributed by atoms with Gasteiger partial charge in [-0.3, -0.25) is 4.18 Å². The van der Waals surface area contributed by atoms with Crippen LogP contribution in [-0.2, 0) is 28.5 Å². The van der Waals surface area contributed by atoms with Crippen molar-refractivity contribution in [1.82, 2.24) is 0 Å². The zero-order valence-corrected chi connectivity index (χ0v) is 15.0. The van der Waals surface area contributed by atoms with Crippen LogP contribution in [0.1, 0.15) is 19.4 Å². The number of hydrogen-bond donors (Lipinski definition) is 2. The van der Waals surface area contributed by atoms with Gasteiger partial charge in [0.25, 0.3) is 10.1 Å². The van der Waals surface area contributed by atoms with Crippen LogP contribution in [0.4, 0.5) is 0 Å². The van der Waals surface area contributed by atoms with Crippen LogP contribution < -0.4 is 0 Å². The number of benzene rings is 1. The summed E-state index contributed by atoms with van der Waals surface area (Å²) < 4.78 is 46.2. The molecule has 2 fully saturated rings. The molecule has 2 aliphatic heterocycles. The Kier molecular flexibility index (Phi) is 4.70. The summed E-state index contributed by atoms with van der Waals surface area (Å²) >= 11 is 0. The summed E-state index contributed by atoms with van der Waals surface area (Å²) in [5.41, 5.74) is 0.920. The average Bonchev–Trinajstić information content (AvgIpc) is 2.95. The molecule has 1 aromatic rings. The molecule has 0 bridgehead atoms. The number of ether oxygens (including phenoxy) is 3. The quantitative estimate of drug-likeness (QED) is 0.708. The molecule has 9 heteroatoms. The van der Waals surface area contributed by atoms with E-state index in [1.54, 1.807) is 26.0 Å². The second kappa shape index (κ2) is 6.27. The largest absolute Gasteiger partial charge is 0.391 e. The minimum absolute atomic E-state index is 0.0104. The van der Waals surface area contributed by atoms with Crippen molar-refractivity contribution in [3.05, 3.63) is 29.8 Å². The fourth-order valence-electron chi connectivity index (χ4n) is 3.06. The molecule has 4 atom stereocenters. The number of hydrogen-bond acceptors (Lipinski definition) is 8. The van der Waals surface area contributed by atoms with Crippen molar-refractivity contribution in [2.24, 2.45) is 0 Å². The Balaban J connectivity index is 1.70. The highest BCUT2D eigenvalue weighted by Gasteiger charge is 2.64. The molecule has 4 unspecified atom stereocenters. The van der Waals surface area contributed by atoms with E-state index < -0.39 is 53.2 Å². The lowest BCUT2D eigenvalue weighted by molar-refractivity contribution is -0.275. The molecule has 1 aromatic carbocycles. The molecule has 0 aromatic heterocycles. The van der Waals surface area contributed by atoms with Crippen LogP contribution in [0, 0.1) is 6.92 Å². The van der Waals surface area contributed by atoms with Gasteiger partial charge < -0.3 is 24.4 Å². The predicted octanol–water partition coefficient (Wildman–Crippen LogP) is 0.300. The molecule has 140 valence electrons. The molecule has 2 N–H and O–H groups in total. The SMILES string of the molecule is Cc1ccc(S(=O)(=O)OCC2OC3(CO)OC(C)(C)OC3C2O)cc1. The van der Waals surface area contributed by atoms with Crippen LogP contribution in [-0.4, -0.2) is 61.7 Å². The molecule has 2 aliphatic rings. The lowest BCUT2D eigenvalue weighted by atomic mass is 10.1. The number of rotatable bonds is 5. The van der Waals surface area contributed by atoms with E-state index in [-0.39, 0.29) is 4.90 Å². The van der Waals surface area contributed by atoms with Gasteiger partial charge in [0.05, 0.1) is 11.5 Å². The summed E-state index contributed by atoms with van der Waals surface area (Å²) in [6.07, 6.45) is -3.17. The van der Waals surface area contributed by atoms with Crippen molar-refractivity contribution < 1.29 is 37.0 Å². The average molecular weight is 374 g/mol. The molecule has 3 rings (SSSR count). The maximum absolute atomic E-state index is 12.2. The van der Waals surface area contributed by atoms with Crippen LogP contribution in [0.2, 0.25) is 0 Å². The first-order valence-electron chi connectivity index (χ1n) is 7.89. The molecule has 2 heterocycles. The standard InChI is InChI=1S/C16H22O8S/c1-10-4-6-11(7-5-10)25(19,20)21-8-12-13(18)14-16(9-17,22-12)24-15(2,3)23-14/h4-7,12-14,17-18H,8-9H2,1-3H3. The van der Waals surface area contributed by atoms with Gasteiger partial charge >= 0.3 is 0 Å². The Morgan fingerprint density at radius 1 is 1.20 bits per heavy atom. The molecule has 0 aliphatic carbocycles. The fourth-order valence-corrected chi connectivity index (χ4v) is 3.98. The summed E-state index contributed by atoms with van der Waals surface area (Å²) in [5.74, 6) is -2.57. The Morgan fingerprint density at radius 2 is 1.84 bits per heavy atom. The van der Waals surface area contributed by atoms with Crippen LogP contribution >= 0.6 is 0 Å². The molecule has 25 heavy (non-hydrogen) atoms. The summed E-state index contributed by atoms with van der Waals surface area (Å²) in [4.78, 5) is 0.0104. The Labute approximate surface area is 146 Å². The van der Waals surface area contributed by atoms with Gasteiger partial charge in [0.1, 0.15) is 24.9 Å². The maximum atomic E-state index is 12.2. The highest BCUT2D eigenvalue weighted by Crippen LogP contribution is 2.45. The maximum Gasteiger partial charge on any atom is 0.297 e. The van der Waals surface area contributed by atoms with Crippen molar-refractivity contribution in [3.63, 3.8) is 0 Å². The monoisotopic (exact) mass is 374 g/mol. The van der Waals surface area contributed by atoms with E-state index in [1.165, 1.54) is 12.1 Å². The van der Waals surface area contributed by atoms with Gasteiger partial charge in [0.15, 0.2) is 5.79 Å². The molecular formula is C16H22O8S. The Hall–Kier alpha value is -1.07. The number of aliphatic hydroxyl groups is 2. The first kappa shape index (κ1) is 18.7. The number of fused-ring (bicyclic) bond motifs is 1. The molecule has 2 saturated heterocycles. The van der Waals surface area contributed by atoms with E-state index >= 15 is 0 Å². The first-order valence-corrected chi connectivity index (χ1v) is 9.30. The lowest BCUT2D eigenvalue weighted by Crippen LogP contribution is -2.43. The van der Waals surface area contributed by atoms with Crippen molar-refractivity contribution in [1.29, 1.82) is 0 Å². The summed E-state index contributed by atoms with van der Waals surface area (Å²) in [7, 11) is -4.00. The van der Waals surface area contributed by atoms with Crippen molar-refractivity contribution >= 4 is 10.1 Å². The third-order valence-electron chi connectivity index (χ3n) is 4.22. The van der Waals surface area contributed by atoms with E-state index in [4.69, 9.17) is 18.4 Å². The normalized spacial score (nSPS) is 34.2. The van der Waals surface area contributed by atoms with Gasteiger partial charge in [0.2, 0.25) is 5.79 Å². The van der Waals surface area contributed by atoms with Crippen molar-refractivity contribution in [3.8, 4) is 0 Å². The summed E-state index contributed by atoms with van der Waals surface area (Å²) in [6, 6.07) is 6.20.